The topological polar surface area (TPSA) is 102 Å². The highest BCUT2D eigenvalue weighted by molar-refractivity contribution is 6.04. The summed E-state index contributed by atoms with van der Waals surface area (Å²) in [5.41, 5.74) is 1.91. The lowest BCUT2D eigenvalue weighted by Gasteiger charge is -2.12. The van der Waals surface area contributed by atoms with Crippen molar-refractivity contribution in [1.29, 1.82) is 0 Å². The smallest absolute Gasteiger partial charge is 0.274 e. The number of hydrogen-bond acceptors (Lipinski definition) is 7. The Balaban J connectivity index is 1.78. The molecule has 2 N–H and O–H groups in total. The van der Waals surface area contributed by atoms with Gasteiger partial charge in [0, 0.05) is 23.4 Å². The molecular weight excluding hydrogens is 372 g/mol. The van der Waals surface area contributed by atoms with Crippen molar-refractivity contribution in [3.8, 4) is 11.5 Å². The zero-order valence-electron chi connectivity index (χ0n) is 16.2. The summed E-state index contributed by atoms with van der Waals surface area (Å²) in [6.45, 7) is 1.50. The molecule has 3 rings (SSSR count). The van der Waals surface area contributed by atoms with Gasteiger partial charge in [0.25, 0.3) is 5.91 Å². The second-order valence-corrected chi connectivity index (χ2v) is 6.07. The number of Topliss-reactive ketones (excluding diaryl/α,β-unsaturated/α-hetero) is 1. The van der Waals surface area contributed by atoms with Gasteiger partial charge >= 0.3 is 0 Å². The van der Waals surface area contributed by atoms with Crippen LogP contribution in [0.15, 0.2) is 54.9 Å². The first kappa shape index (κ1) is 19.8. The molecule has 3 aromatic rings. The van der Waals surface area contributed by atoms with Gasteiger partial charge in [0.2, 0.25) is 0 Å². The maximum absolute atomic E-state index is 12.6. The largest absolute Gasteiger partial charge is 0.497 e. The Morgan fingerprint density at radius 1 is 0.966 bits per heavy atom. The fourth-order valence-corrected chi connectivity index (χ4v) is 2.60. The molecule has 0 saturated carbocycles. The van der Waals surface area contributed by atoms with E-state index >= 15 is 0 Å². The van der Waals surface area contributed by atoms with Gasteiger partial charge in [0.05, 0.1) is 19.9 Å². The monoisotopic (exact) mass is 392 g/mol. The van der Waals surface area contributed by atoms with Gasteiger partial charge in [-0.05, 0) is 31.2 Å². The highest BCUT2D eigenvalue weighted by atomic mass is 16.5. The number of anilines is 3. The van der Waals surface area contributed by atoms with Crippen molar-refractivity contribution in [2.45, 2.75) is 6.92 Å². The Labute approximate surface area is 167 Å². The number of aromatic nitrogens is 2. The number of carbonyl (C=O) groups is 2. The van der Waals surface area contributed by atoms with Crippen LogP contribution in [0.25, 0.3) is 0 Å². The molecule has 0 unspecified atom stereocenters. The summed E-state index contributed by atoms with van der Waals surface area (Å²) in [7, 11) is 3.06. The maximum Gasteiger partial charge on any atom is 0.274 e. The Morgan fingerprint density at radius 2 is 1.79 bits per heavy atom. The summed E-state index contributed by atoms with van der Waals surface area (Å²) < 4.78 is 10.4. The quantitative estimate of drug-likeness (QED) is 0.591. The molecule has 2 aromatic carbocycles. The van der Waals surface area contributed by atoms with Crippen LogP contribution in [-0.2, 0) is 0 Å². The first-order valence-corrected chi connectivity index (χ1v) is 8.73. The fourth-order valence-electron chi connectivity index (χ4n) is 2.60. The van der Waals surface area contributed by atoms with Crippen LogP contribution >= 0.6 is 0 Å². The van der Waals surface area contributed by atoms with Crippen LogP contribution < -0.4 is 20.1 Å². The average Bonchev–Trinajstić information content (AvgIpc) is 2.74. The molecule has 0 aliphatic carbocycles. The Hall–Kier alpha value is -3.94. The Kier molecular flexibility index (Phi) is 6.03. The van der Waals surface area contributed by atoms with Gasteiger partial charge in [-0.15, -0.1) is 0 Å². The van der Waals surface area contributed by atoms with Gasteiger partial charge in [-0.3, -0.25) is 9.59 Å². The fraction of sp³-hybridized carbons (Fsp3) is 0.143. The van der Waals surface area contributed by atoms with Crippen molar-refractivity contribution in [3.63, 3.8) is 0 Å². The lowest BCUT2D eigenvalue weighted by molar-refractivity contribution is 0.101. The van der Waals surface area contributed by atoms with Gasteiger partial charge < -0.3 is 20.1 Å². The van der Waals surface area contributed by atoms with E-state index in [4.69, 9.17) is 9.47 Å². The summed E-state index contributed by atoms with van der Waals surface area (Å²) in [4.78, 5) is 32.3. The Bertz CT molecular complexity index is 1050. The number of nitrogens with zero attached hydrogens (tertiary/aromatic N) is 2. The summed E-state index contributed by atoms with van der Waals surface area (Å²) in [5.74, 6) is 1.04. The highest BCUT2D eigenvalue weighted by Crippen LogP contribution is 2.29. The van der Waals surface area contributed by atoms with E-state index in [1.165, 1.54) is 26.4 Å². The van der Waals surface area contributed by atoms with E-state index in [0.29, 0.717) is 34.3 Å². The molecule has 0 fully saturated rings. The number of hydrogen-bond donors (Lipinski definition) is 2. The number of amides is 1. The molecule has 29 heavy (non-hydrogen) atoms. The third kappa shape index (κ3) is 4.86. The normalized spacial score (nSPS) is 10.2. The number of ketones is 1. The van der Waals surface area contributed by atoms with Crippen molar-refractivity contribution >= 4 is 28.9 Å². The van der Waals surface area contributed by atoms with E-state index in [1.54, 1.807) is 49.6 Å². The minimum atomic E-state index is -0.420. The molecule has 0 radical (unpaired) electrons. The van der Waals surface area contributed by atoms with Gasteiger partial charge in [-0.2, -0.15) is 0 Å². The minimum absolute atomic E-state index is 0.0372. The predicted octanol–water partition coefficient (Wildman–Crippen LogP) is 3.69. The number of ether oxygens (including phenoxy) is 2. The lowest BCUT2D eigenvalue weighted by atomic mass is 10.1. The second kappa shape index (κ2) is 8.83. The van der Waals surface area contributed by atoms with Crippen LogP contribution in [0, 0.1) is 0 Å². The first-order chi connectivity index (χ1) is 14.0. The summed E-state index contributed by atoms with van der Waals surface area (Å²) in [6.07, 6.45) is 1.29. The van der Waals surface area contributed by atoms with Crippen molar-refractivity contribution < 1.29 is 19.1 Å². The number of nitrogens with one attached hydrogen (secondary N) is 2. The molecule has 0 aliphatic rings. The van der Waals surface area contributed by atoms with E-state index < -0.39 is 5.91 Å². The van der Waals surface area contributed by atoms with Gasteiger partial charge in [-0.25, -0.2) is 9.97 Å². The van der Waals surface area contributed by atoms with Crippen LogP contribution in [0.5, 0.6) is 11.5 Å². The standard InChI is InChI=1S/C21H20N4O4/c1-13(26)14-5-4-6-15(9-14)24-20-11-18(22-12-23-20)21(27)25-17-8-7-16(28-2)10-19(17)29-3/h4-12H,1-3H3,(H,25,27)(H,22,23,24). The maximum atomic E-state index is 12.6. The molecule has 8 nitrogen and oxygen atoms in total. The zero-order valence-corrected chi connectivity index (χ0v) is 16.2. The van der Waals surface area contributed by atoms with E-state index in [0.717, 1.165) is 0 Å². The lowest BCUT2D eigenvalue weighted by Crippen LogP contribution is -2.15. The van der Waals surface area contributed by atoms with Crippen LogP contribution in [-0.4, -0.2) is 35.9 Å². The highest BCUT2D eigenvalue weighted by Gasteiger charge is 2.13. The zero-order chi connectivity index (χ0) is 20.8. The van der Waals surface area contributed by atoms with Crippen LogP contribution in [0.1, 0.15) is 27.8 Å². The van der Waals surface area contributed by atoms with Crippen LogP contribution in [0.3, 0.4) is 0 Å². The number of methoxy groups -OCH3 is 2. The van der Waals surface area contributed by atoms with Crippen molar-refractivity contribution in [3.05, 3.63) is 66.1 Å². The van der Waals surface area contributed by atoms with Crippen LogP contribution in [0.4, 0.5) is 17.2 Å². The second-order valence-electron chi connectivity index (χ2n) is 6.07. The Morgan fingerprint density at radius 3 is 2.52 bits per heavy atom. The molecule has 1 amide bonds. The third-order valence-electron chi connectivity index (χ3n) is 4.10. The predicted molar refractivity (Wildman–Crippen MR) is 109 cm³/mol. The molecule has 0 bridgehead atoms. The van der Waals surface area contributed by atoms with E-state index in [-0.39, 0.29) is 11.5 Å². The summed E-state index contributed by atoms with van der Waals surface area (Å²) in [5, 5.41) is 5.83. The van der Waals surface area contributed by atoms with E-state index in [9.17, 15) is 9.59 Å². The minimum Gasteiger partial charge on any atom is -0.497 e. The molecule has 1 aromatic heterocycles. The molecule has 1 heterocycles. The summed E-state index contributed by atoms with van der Waals surface area (Å²) >= 11 is 0. The average molecular weight is 392 g/mol. The number of benzene rings is 2. The van der Waals surface area contributed by atoms with Crippen molar-refractivity contribution in [2.75, 3.05) is 24.9 Å². The number of carbonyl (C=O) groups excluding carboxylic acids is 2. The first-order valence-electron chi connectivity index (χ1n) is 8.73. The molecule has 8 heteroatoms. The molecule has 0 aliphatic heterocycles. The van der Waals surface area contributed by atoms with E-state index in [2.05, 4.69) is 20.6 Å². The van der Waals surface area contributed by atoms with E-state index in [1.807, 2.05) is 0 Å². The third-order valence-corrected chi connectivity index (χ3v) is 4.10. The van der Waals surface area contributed by atoms with Crippen molar-refractivity contribution in [2.24, 2.45) is 0 Å². The van der Waals surface area contributed by atoms with Gasteiger partial charge in [-0.1, -0.05) is 12.1 Å². The summed E-state index contributed by atoms with van der Waals surface area (Å²) in [6, 6.07) is 13.6. The van der Waals surface area contributed by atoms with Gasteiger partial charge in [0.15, 0.2) is 5.78 Å². The molecule has 0 spiro atoms. The number of rotatable bonds is 7. The van der Waals surface area contributed by atoms with Gasteiger partial charge in [0.1, 0.15) is 29.3 Å². The van der Waals surface area contributed by atoms with Crippen LogP contribution in [0.2, 0.25) is 0 Å². The molecule has 148 valence electrons. The SMILES string of the molecule is COc1ccc(NC(=O)c2cc(Nc3cccc(C(C)=O)c3)ncn2)c(OC)c1. The molecule has 0 saturated heterocycles. The molecule has 0 atom stereocenters. The molecular formula is C21H20N4O4. The van der Waals surface area contributed by atoms with Crippen molar-refractivity contribution in [1.82, 2.24) is 9.97 Å².